The van der Waals surface area contributed by atoms with Crippen molar-refractivity contribution in [1.29, 1.82) is 0 Å². The van der Waals surface area contributed by atoms with Crippen molar-refractivity contribution in [3.8, 4) is 0 Å². The van der Waals surface area contributed by atoms with Gasteiger partial charge in [-0.3, -0.25) is 0 Å². The number of rotatable bonds is 0. The molecule has 0 spiro atoms. The van der Waals surface area contributed by atoms with Gasteiger partial charge in [0.1, 0.15) is 0 Å². The molecule has 0 aliphatic rings. The SMILES string of the molecule is Fc1ccc(F)c(F)c1F.[Ag]. The first-order chi connectivity index (χ1) is 4.63. The van der Waals surface area contributed by atoms with Gasteiger partial charge in [0.05, 0.1) is 0 Å². The van der Waals surface area contributed by atoms with Crippen LogP contribution < -0.4 is 0 Å². The molecular formula is C6H2AgF4. The first kappa shape index (κ1) is 10.7. The largest absolute Gasteiger partial charge is 0.204 e. The maximum atomic E-state index is 12.0. The number of halogens is 4. The molecule has 1 aromatic rings. The maximum Gasteiger partial charge on any atom is 0.197 e. The predicted molar refractivity (Wildman–Crippen MR) is 26.3 cm³/mol. The van der Waals surface area contributed by atoms with E-state index in [9.17, 15) is 17.6 Å². The van der Waals surface area contributed by atoms with Crippen LogP contribution in [0.4, 0.5) is 17.6 Å². The summed E-state index contributed by atoms with van der Waals surface area (Å²) in [5.74, 6) is -6.34. The third-order valence-corrected chi connectivity index (χ3v) is 0.988. The van der Waals surface area contributed by atoms with Crippen LogP contribution in [0.15, 0.2) is 12.1 Å². The molecule has 1 rings (SSSR count). The van der Waals surface area contributed by atoms with E-state index < -0.39 is 23.3 Å². The van der Waals surface area contributed by atoms with E-state index >= 15 is 0 Å². The van der Waals surface area contributed by atoms with Crippen LogP contribution >= 0.6 is 0 Å². The molecule has 0 heterocycles. The molecule has 0 aromatic heterocycles. The molecule has 0 amide bonds. The molecule has 1 radical (unpaired) electrons. The van der Waals surface area contributed by atoms with Crippen LogP contribution in [0.5, 0.6) is 0 Å². The monoisotopic (exact) mass is 257 g/mol. The Morgan fingerprint density at radius 3 is 1.27 bits per heavy atom. The summed E-state index contributed by atoms with van der Waals surface area (Å²) in [5.41, 5.74) is 0. The van der Waals surface area contributed by atoms with Crippen LogP contribution in [-0.4, -0.2) is 0 Å². The topological polar surface area (TPSA) is 0 Å². The second kappa shape index (κ2) is 3.90. The molecule has 0 fully saturated rings. The van der Waals surface area contributed by atoms with Gasteiger partial charge in [-0.25, -0.2) is 17.6 Å². The number of benzene rings is 1. The van der Waals surface area contributed by atoms with Gasteiger partial charge in [-0.15, -0.1) is 0 Å². The van der Waals surface area contributed by atoms with Crippen molar-refractivity contribution >= 4 is 0 Å². The fourth-order valence-electron chi connectivity index (χ4n) is 0.502. The van der Waals surface area contributed by atoms with Gasteiger partial charge < -0.3 is 0 Å². The molecule has 0 saturated carbocycles. The number of hydrogen-bond donors (Lipinski definition) is 0. The van der Waals surface area contributed by atoms with Crippen LogP contribution in [0, 0.1) is 23.3 Å². The van der Waals surface area contributed by atoms with E-state index in [2.05, 4.69) is 0 Å². The molecule has 0 nitrogen and oxygen atoms in total. The summed E-state index contributed by atoms with van der Waals surface area (Å²) in [7, 11) is 0. The molecule has 0 N–H and O–H groups in total. The minimum Gasteiger partial charge on any atom is -0.204 e. The van der Waals surface area contributed by atoms with E-state index in [0.717, 1.165) is 0 Å². The minimum atomic E-state index is -1.78. The average molecular weight is 258 g/mol. The van der Waals surface area contributed by atoms with Gasteiger partial charge >= 0.3 is 0 Å². The summed E-state index contributed by atoms with van der Waals surface area (Å²) in [6.07, 6.45) is 0. The van der Waals surface area contributed by atoms with Crippen LogP contribution in [0.3, 0.4) is 0 Å². The maximum absolute atomic E-state index is 12.0. The molecule has 0 bridgehead atoms. The van der Waals surface area contributed by atoms with Crippen molar-refractivity contribution in [1.82, 2.24) is 0 Å². The zero-order valence-electron chi connectivity index (χ0n) is 4.97. The Morgan fingerprint density at radius 2 is 1.00 bits per heavy atom. The van der Waals surface area contributed by atoms with Crippen LogP contribution in [0.25, 0.3) is 0 Å². The smallest absolute Gasteiger partial charge is 0.197 e. The molecule has 0 atom stereocenters. The van der Waals surface area contributed by atoms with E-state index in [0.29, 0.717) is 12.1 Å². The van der Waals surface area contributed by atoms with Gasteiger partial charge in [0.25, 0.3) is 0 Å². The Labute approximate surface area is 75.7 Å². The summed E-state index contributed by atoms with van der Waals surface area (Å²) in [4.78, 5) is 0. The second-order valence-corrected chi connectivity index (χ2v) is 1.66. The second-order valence-electron chi connectivity index (χ2n) is 1.66. The Bertz CT molecular complexity index is 234. The Balaban J connectivity index is 0.000001000. The average Bonchev–Trinajstić information content (AvgIpc) is 1.93. The fourth-order valence-corrected chi connectivity index (χ4v) is 0.502. The summed E-state index contributed by atoms with van der Waals surface area (Å²) in [6.45, 7) is 0. The molecular weight excluding hydrogens is 256 g/mol. The van der Waals surface area contributed by atoms with Gasteiger partial charge in [0.2, 0.25) is 0 Å². The predicted octanol–water partition coefficient (Wildman–Crippen LogP) is 2.24. The third kappa shape index (κ3) is 2.05. The van der Waals surface area contributed by atoms with Crippen molar-refractivity contribution in [2.24, 2.45) is 0 Å². The zero-order valence-corrected chi connectivity index (χ0v) is 6.45. The van der Waals surface area contributed by atoms with E-state index in [4.69, 9.17) is 0 Å². The standard InChI is InChI=1S/C6H2F4.Ag/c7-3-1-2-4(8)6(10)5(3)9;/h1-2H;. The van der Waals surface area contributed by atoms with Crippen molar-refractivity contribution in [3.63, 3.8) is 0 Å². The summed E-state index contributed by atoms with van der Waals surface area (Å²) >= 11 is 0. The molecule has 0 aliphatic heterocycles. The Morgan fingerprint density at radius 1 is 0.727 bits per heavy atom. The molecule has 65 valence electrons. The first-order valence-corrected chi connectivity index (χ1v) is 2.42. The van der Waals surface area contributed by atoms with E-state index in [1.165, 1.54) is 0 Å². The summed E-state index contributed by atoms with van der Waals surface area (Å²) in [6, 6.07) is 1.04. The third-order valence-electron chi connectivity index (χ3n) is 0.988. The van der Waals surface area contributed by atoms with Gasteiger partial charge in [-0.1, -0.05) is 0 Å². The molecule has 5 heteroatoms. The fraction of sp³-hybridized carbons (Fsp3) is 0. The molecule has 0 aliphatic carbocycles. The van der Waals surface area contributed by atoms with E-state index in [1.807, 2.05) is 0 Å². The minimum absolute atomic E-state index is 0. The van der Waals surface area contributed by atoms with Crippen LogP contribution in [-0.2, 0) is 22.4 Å². The van der Waals surface area contributed by atoms with Crippen LogP contribution in [0.2, 0.25) is 0 Å². The van der Waals surface area contributed by atoms with Gasteiger partial charge in [0, 0.05) is 22.4 Å². The van der Waals surface area contributed by atoms with E-state index in [1.54, 1.807) is 0 Å². The zero-order chi connectivity index (χ0) is 7.72. The van der Waals surface area contributed by atoms with Gasteiger partial charge in [-0.05, 0) is 12.1 Å². The first-order valence-electron chi connectivity index (χ1n) is 2.42. The quantitative estimate of drug-likeness (QED) is 0.290. The summed E-state index contributed by atoms with van der Waals surface area (Å²) in [5, 5.41) is 0. The van der Waals surface area contributed by atoms with Crippen molar-refractivity contribution in [2.45, 2.75) is 0 Å². The van der Waals surface area contributed by atoms with Crippen LogP contribution in [0.1, 0.15) is 0 Å². The summed E-state index contributed by atoms with van der Waals surface area (Å²) < 4.78 is 48.0. The van der Waals surface area contributed by atoms with Crippen molar-refractivity contribution in [2.75, 3.05) is 0 Å². The molecule has 1 aromatic carbocycles. The molecule has 0 saturated heterocycles. The van der Waals surface area contributed by atoms with Crippen molar-refractivity contribution in [3.05, 3.63) is 35.4 Å². The van der Waals surface area contributed by atoms with Crippen molar-refractivity contribution < 1.29 is 39.9 Å². The number of hydrogen-bond acceptors (Lipinski definition) is 0. The Hall–Kier alpha value is -0.320. The van der Waals surface area contributed by atoms with Gasteiger partial charge in [0.15, 0.2) is 23.3 Å². The molecule has 11 heavy (non-hydrogen) atoms. The van der Waals surface area contributed by atoms with E-state index in [-0.39, 0.29) is 22.4 Å². The van der Waals surface area contributed by atoms with Gasteiger partial charge in [-0.2, -0.15) is 0 Å². The normalized spacial score (nSPS) is 9.09. The Kier molecular flexibility index (Phi) is 3.78. The molecule has 0 unspecified atom stereocenters.